The molecule has 8 heteroatoms. The summed E-state index contributed by atoms with van der Waals surface area (Å²) in [5, 5.41) is 32.0. The molecule has 1 aliphatic heterocycles. The number of hydrogen-bond acceptors (Lipinski definition) is 7. The molecule has 8 nitrogen and oxygen atoms in total. The highest BCUT2D eigenvalue weighted by atomic mass is 16.6. The zero-order chi connectivity index (χ0) is 22.5. The highest BCUT2D eigenvalue weighted by Gasteiger charge is 2.44. The van der Waals surface area contributed by atoms with Gasteiger partial charge in [0.2, 0.25) is 0 Å². The molecule has 0 aliphatic carbocycles. The van der Waals surface area contributed by atoms with E-state index in [1.165, 1.54) is 13.2 Å². The predicted molar refractivity (Wildman–Crippen MR) is 112 cm³/mol. The number of unbranched alkanes of at least 4 members (excludes halogenated alkanes) is 1. The average Bonchev–Trinajstić information content (AvgIpc) is 3.18. The Balaban J connectivity index is 1.89. The highest BCUT2D eigenvalue weighted by Crippen LogP contribution is 2.37. The molecule has 31 heavy (non-hydrogen) atoms. The van der Waals surface area contributed by atoms with Crippen LogP contribution in [0.2, 0.25) is 0 Å². The minimum atomic E-state index is -1.58. The standard InChI is InChI=1S/C23H27NO7/c1-3-4-10-14-16-18(24-17(14)22(28)30-2)23(29)31-21(20(16)27)19(26)15(25)12-11-13-8-6-5-7-9-13/h5-9,11-12,15,19-21,24-27H,3-4,10H2,1-2H3. The van der Waals surface area contributed by atoms with Crippen LogP contribution in [0.1, 0.15) is 63.5 Å². The number of benzene rings is 1. The van der Waals surface area contributed by atoms with E-state index in [1.807, 2.05) is 37.3 Å². The van der Waals surface area contributed by atoms with Crippen LogP contribution < -0.4 is 0 Å². The molecule has 0 radical (unpaired) electrons. The lowest BCUT2D eigenvalue weighted by Crippen LogP contribution is -2.46. The number of carbonyl (C=O) groups excluding carboxylic acids is 2. The molecule has 0 saturated heterocycles. The van der Waals surface area contributed by atoms with Gasteiger partial charge in [-0.05, 0) is 24.0 Å². The lowest BCUT2D eigenvalue weighted by molar-refractivity contribution is -0.109. The van der Waals surface area contributed by atoms with Gasteiger partial charge in [-0.2, -0.15) is 0 Å². The van der Waals surface area contributed by atoms with Crippen LogP contribution >= 0.6 is 0 Å². The SMILES string of the molecule is CCCCc1c(C(=O)OC)[nH]c2c1C(O)C(C(O)C(O)C=Cc1ccccc1)OC2=O. The fraction of sp³-hybridized carbons (Fsp3) is 0.391. The van der Waals surface area contributed by atoms with Crippen molar-refractivity contribution in [3.63, 3.8) is 0 Å². The van der Waals surface area contributed by atoms with E-state index in [0.717, 1.165) is 12.0 Å². The van der Waals surface area contributed by atoms with Crippen LogP contribution in [-0.2, 0) is 15.9 Å². The van der Waals surface area contributed by atoms with Crippen molar-refractivity contribution in [2.24, 2.45) is 0 Å². The molecule has 0 fully saturated rings. The van der Waals surface area contributed by atoms with Gasteiger partial charge >= 0.3 is 11.9 Å². The maximum Gasteiger partial charge on any atom is 0.355 e. The van der Waals surface area contributed by atoms with Gasteiger partial charge in [0.25, 0.3) is 0 Å². The van der Waals surface area contributed by atoms with Gasteiger partial charge < -0.3 is 29.8 Å². The molecule has 2 heterocycles. The van der Waals surface area contributed by atoms with Crippen LogP contribution in [0.15, 0.2) is 36.4 Å². The number of methoxy groups -OCH3 is 1. The first-order valence-electron chi connectivity index (χ1n) is 10.2. The first kappa shape index (κ1) is 22.7. The summed E-state index contributed by atoms with van der Waals surface area (Å²) in [4.78, 5) is 27.5. The summed E-state index contributed by atoms with van der Waals surface area (Å²) in [6, 6.07) is 9.17. The number of aromatic nitrogens is 1. The third kappa shape index (κ3) is 4.71. The summed E-state index contributed by atoms with van der Waals surface area (Å²) in [6.07, 6.45) is -0.853. The van der Waals surface area contributed by atoms with Gasteiger partial charge in [0, 0.05) is 5.56 Å². The number of ether oxygens (including phenoxy) is 2. The van der Waals surface area contributed by atoms with Crippen molar-refractivity contribution in [3.8, 4) is 0 Å². The second-order valence-corrected chi connectivity index (χ2v) is 7.43. The predicted octanol–water partition coefficient (Wildman–Crippen LogP) is 2.15. The van der Waals surface area contributed by atoms with Crippen molar-refractivity contribution in [1.29, 1.82) is 0 Å². The number of hydrogen-bond donors (Lipinski definition) is 4. The minimum Gasteiger partial charge on any atom is -0.464 e. The second-order valence-electron chi connectivity index (χ2n) is 7.43. The van der Waals surface area contributed by atoms with E-state index in [1.54, 1.807) is 6.08 Å². The van der Waals surface area contributed by atoms with E-state index < -0.39 is 36.4 Å². The Morgan fingerprint density at radius 2 is 2.00 bits per heavy atom. The molecule has 2 aromatic rings. The Kier molecular flexibility index (Phi) is 7.27. The zero-order valence-electron chi connectivity index (χ0n) is 17.4. The molecule has 4 unspecified atom stereocenters. The fourth-order valence-electron chi connectivity index (χ4n) is 3.68. The number of aliphatic hydroxyl groups is 3. The van der Waals surface area contributed by atoms with E-state index in [9.17, 15) is 24.9 Å². The molecule has 166 valence electrons. The van der Waals surface area contributed by atoms with Crippen LogP contribution in [0.4, 0.5) is 0 Å². The summed E-state index contributed by atoms with van der Waals surface area (Å²) in [5.41, 5.74) is 1.51. The van der Waals surface area contributed by atoms with Crippen LogP contribution in [0.25, 0.3) is 6.08 Å². The Morgan fingerprint density at radius 1 is 1.29 bits per heavy atom. The topological polar surface area (TPSA) is 129 Å². The molecule has 4 atom stereocenters. The van der Waals surface area contributed by atoms with Gasteiger partial charge in [-0.15, -0.1) is 0 Å². The Hall–Kier alpha value is -2.94. The van der Waals surface area contributed by atoms with Crippen LogP contribution in [-0.4, -0.2) is 57.7 Å². The highest BCUT2D eigenvalue weighted by molar-refractivity contribution is 5.97. The second kappa shape index (κ2) is 9.91. The zero-order valence-corrected chi connectivity index (χ0v) is 17.4. The number of aliphatic hydroxyl groups excluding tert-OH is 3. The van der Waals surface area contributed by atoms with Crippen LogP contribution in [0.3, 0.4) is 0 Å². The maximum absolute atomic E-state index is 12.6. The monoisotopic (exact) mass is 429 g/mol. The van der Waals surface area contributed by atoms with Gasteiger partial charge in [-0.3, -0.25) is 0 Å². The molecule has 0 amide bonds. The fourth-order valence-corrected chi connectivity index (χ4v) is 3.68. The summed E-state index contributed by atoms with van der Waals surface area (Å²) < 4.78 is 10.0. The smallest absolute Gasteiger partial charge is 0.355 e. The number of nitrogens with one attached hydrogen (secondary N) is 1. The Labute approximate surface area is 180 Å². The van der Waals surface area contributed by atoms with Crippen molar-refractivity contribution in [1.82, 2.24) is 4.98 Å². The van der Waals surface area contributed by atoms with E-state index >= 15 is 0 Å². The third-order valence-electron chi connectivity index (χ3n) is 5.34. The van der Waals surface area contributed by atoms with Gasteiger partial charge in [0.15, 0.2) is 6.10 Å². The van der Waals surface area contributed by atoms with E-state index in [0.29, 0.717) is 18.4 Å². The summed E-state index contributed by atoms with van der Waals surface area (Å²) in [5.74, 6) is -1.49. The van der Waals surface area contributed by atoms with Crippen LogP contribution in [0.5, 0.6) is 0 Å². The van der Waals surface area contributed by atoms with E-state index in [-0.39, 0.29) is 17.0 Å². The first-order chi connectivity index (χ1) is 14.9. The van der Waals surface area contributed by atoms with Crippen molar-refractivity contribution in [3.05, 3.63) is 64.5 Å². The normalized spacial score (nSPS) is 20.2. The number of fused-ring (bicyclic) bond motifs is 1. The first-order valence-corrected chi connectivity index (χ1v) is 10.2. The lowest BCUT2D eigenvalue weighted by Gasteiger charge is -2.33. The van der Waals surface area contributed by atoms with Gasteiger partial charge in [0.05, 0.1) is 7.11 Å². The quantitative estimate of drug-likeness (QED) is 0.473. The molecule has 0 bridgehead atoms. The van der Waals surface area contributed by atoms with E-state index in [2.05, 4.69) is 4.98 Å². The van der Waals surface area contributed by atoms with Crippen molar-refractivity contribution in [2.45, 2.75) is 50.6 Å². The van der Waals surface area contributed by atoms with Crippen LogP contribution in [0, 0.1) is 0 Å². The average molecular weight is 429 g/mol. The minimum absolute atomic E-state index is 0.0447. The molecule has 1 aromatic carbocycles. The number of rotatable bonds is 8. The Morgan fingerprint density at radius 3 is 2.65 bits per heavy atom. The van der Waals surface area contributed by atoms with Crippen molar-refractivity contribution in [2.75, 3.05) is 7.11 Å². The molecule has 1 aromatic heterocycles. The lowest BCUT2D eigenvalue weighted by atomic mass is 9.90. The van der Waals surface area contributed by atoms with Crippen molar-refractivity contribution >= 4 is 18.0 Å². The number of cyclic esters (lactones) is 1. The number of carbonyl (C=O) groups is 2. The van der Waals surface area contributed by atoms with Gasteiger partial charge in [-0.1, -0.05) is 55.8 Å². The third-order valence-corrected chi connectivity index (χ3v) is 5.34. The van der Waals surface area contributed by atoms with Gasteiger partial charge in [-0.25, -0.2) is 9.59 Å². The Bertz CT molecular complexity index is 950. The summed E-state index contributed by atoms with van der Waals surface area (Å²) >= 11 is 0. The van der Waals surface area contributed by atoms with Crippen molar-refractivity contribution < 1.29 is 34.4 Å². The summed E-state index contributed by atoms with van der Waals surface area (Å²) in [6.45, 7) is 1.98. The number of H-pyrrole nitrogens is 1. The largest absolute Gasteiger partial charge is 0.464 e. The molecule has 0 saturated carbocycles. The number of aromatic amines is 1. The van der Waals surface area contributed by atoms with Gasteiger partial charge in [0.1, 0.15) is 29.7 Å². The maximum atomic E-state index is 12.6. The molecule has 0 spiro atoms. The molecule has 4 N–H and O–H groups in total. The van der Waals surface area contributed by atoms with E-state index in [4.69, 9.17) is 9.47 Å². The number of esters is 2. The summed E-state index contributed by atoms with van der Waals surface area (Å²) in [7, 11) is 1.22. The molecule has 3 rings (SSSR count). The molecule has 1 aliphatic rings. The molecular weight excluding hydrogens is 402 g/mol. The molecular formula is C23H27NO7.